The smallest absolute Gasteiger partial charge is 0.165 e. The Hall–Kier alpha value is -1.52. The summed E-state index contributed by atoms with van der Waals surface area (Å²) >= 11 is 0. The molecule has 4 aliphatic rings. The van der Waals surface area contributed by atoms with Gasteiger partial charge in [0.15, 0.2) is 11.5 Å². The topological polar surface area (TPSA) is 52.9 Å². The van der Waals surface area contributed by atoms with Gasteiger partial charge in [0, 0.05) is 27.1 Å². The van der Waals surface area contributed by atoms with Crippen LogP contribution in [0, 0.1) is 5.92 Å². The van der Waals surface area contributed by atoms with Gasteiger partial charge >= 0.3 is 0 Å². The average molecular weight is 288 g/mol. The summed E-state index contributed by atoms with van der Waals surface area (Å²) in [5.41, 5.74) is 1.58. The van der Waals surface area contributed by atoms with Crippen LogP contribution in [0.5, 0.6) is 11.5 Å². The Kier molecular flexibility index (Phi) is 1.64. The molecular formula is C17H19NO3. The molecule has 0 radical (unpaired) electrons. The Morgan fingerprint density at radius 3 is 3.19 bits per heavy atom. The molecule has 2 aliphatic heterocycles. The van der Waals surface area contributed by atoms with Crippen LogP contribution in [0.2, 0.25) is 0 Å². The lowest BCUT2D eigenvalue weighted by Crippen LogP contribution is -2.64. The van der Waals surface area contributed by atoms with Crippen molar-refractivity contribution in [3.63, 3.8) is 0 Å². The third-order valence-electron chi connectivity index (χ3n) is 5.87. The maximum absolute atomic E-state index is 10.5. The molecule has 2 aliphatic carbocycles. The molecule has 1 saturated heterocycles. The van der Waals surface area contributed by atoms with E-state index in [-0.39, 0.29) is 17.7 Å². The second-order valence-corrected chi connectivity index (χ2v) is 6.64. The van der Waals surface area contributed by atoms with E-state index in [1.54, 1.807) is 17.0 Å². The van der Waals surface area contributed by atoms with Gasteiger partial charge in [0.1, 0.15) is 12.2 Å². The highest BCUT2D eigenvalue weighted by atomic mass is 16.5. The van der Waals surface area contributed by atoms with Crippen molar-refractivity contribution in [2.24, 2.45) is 5.92 Å². The first-order chi connectivity index (χ1) is 11.3. The number of phenolic OH excluding ortho intramolecular Hbond substituents is 1. The minimum Gasteiger partial charge on any atom is -0.504 e. The fraction of sp³-hybridized carbons (Fsp3) is 0.529. The molecule has 0 saturated carbocycles. The van der Waals surface area contributed by atoms with Crippen LogP contribution in [0.3, 0.4) is 0 Å². The van der Waals surface area contributed by atoms with Crippen molar-refractivity contribution in [2.45, 2.75) is 36.5 Å². The first kappa shape index (κ1) is 9.49. The predicted molar refractivity (Wildman–Crippen MR) is 77.6 cm³/mol. The van der Waals surface area contributed by atoms with Crippen molar-refractivity contribution in [3.8, 4) is 11.5 Å². The van der Waals surface area contributed by atoms with Gasteiger partial charge < -0.3 is 19.8 Å². The van der Waals surface area contributed by atoms with E-state index in [9.17, 15) is 10.2 Å². The lowest BCUT2D eigenvalue weighted by Gasteiger charge is -2.56. The summed E-state index contributed by atoms with van der Waals surface area (Å²) in [6.07, 6.45) is 3.69. The van der Waals surface area contributed by atoms with E-state index >= 15 is 0 Å². The molecule has 110 valence electrons. The van der Waals surface area contributed by atoms with E-state index < -0.39 is 24.6 Å². The maximum Gasteiger partial charge on any atom is 0.165 e. The van der Waals surface area contributed by atoms with Crippen molar-refractivity contribution < 1.29 is 19.1 Å². The molecular weight excluding hydrogens is 266 g/mol. The Bertz CT molecular complexity index is 762. The number of benzene rings is 1. The quantitative estimate of drug-likeness (QED) is 0.704. The summed E-state index contributed by atoms with van der Waals surface area (Å²) in [7, 11) is 0. The number of likely N-dealkylation sites (tertiary alicyclic amines) is 1. The monoisotopic (exact) mass is 288 g/mol. The van der Waals surface area contributed by atoms with Crippen molar-refractivity contribution >= 4 is 0 Å². The van der Waals surface area contributed by atoms with Gasteiger partial charge in [-0.3, -0.25) is 0 Å². The molecule has 2 N–H and O–H groups in total. The number of likely N-dealkylation sites (N-methyl/N-ethyl adjacent to an activating group) is 1. The minimum atomic E-state index is -2.14. The zero-order chi connectivity index (χ0) is 16.9. The highest BCUT2D eigenvalue weighted by Crippen LogP contribution is 2.62. The molecule has 21 heavy (non-hydrogen) atoms. The highest BCUT2D eigenvalue weighted by Gasteiger charge is 2.64. The minimum absolute atomic E-state index is 0.0318. The summed E-state index contributed by atoms with van der Waals surface area (Å²) in [6.45, 7) is -1.70. The van der Waals surface area contributed by atoms with Crippen molar-refractivity contribution in [1.82, 2.24) is 4.90 Å². The summed E-state index contributed by atoms with van der Waals surface area (Å²) in [4.78, 5) is 1.62. The summed E-state index contributed by atoms with van der Waals surface area (Å²) in [5.74, 6) is 0.543. The van der Waals surface area contributed by atoms with Gasteiger partial charge in [-0.25, -0.2) is 0 Å². The van der Waals surface area contributed by atoms with Crippen molar-refractivity contribution in [2.75, 3.05) is 13.5 Å². The first-order valence-corrected chi connectivity index (χ1v) is 7.49. The second-order valence-electron chi connectivity index (χ2n) is 6.64. The van der Waals surface area contributed by atoms with Crippen molar-refractivity contribution in [1.29, 1.82) is 0 Å². The third kappa shape index (κ3) is 1.21. The number of piperidine rings is 1. The number of hydrogen-bond acceptors (Lipinski definition) is 4. The Labute approximate surface area is 127 Å². The Morgan fingerprint density at radius 2 is 2.33 bits per heavy atom. The number of aliphatic hydroxyl groups is 1. The number of hydrogen-bond donors (Lipinski definition) is 2. The third-order valence-corrected chi connectivity index (χ3v) is 5.87. The lowest BCUT2D eigenvalue weighted by molar-refractivity contribution is -0.0453. The Balaban J connectivity index is 1.76. The van der Waals surface area contributed by atoms with Crippen molar-refractivity contribution in [3.05, 3.63) is 35.4 Å². The van der Waals surface area contributed by atoms with Crippen LogP contribution >= 0.6 is 0 Å². The fourth-order valence-electron chi connectivity index (χ4n) is 5.06. The largest absolute Gasteiger partial charge is 0.504 e. The van der Waals surface area contributed by atoms with E-state index in [0.717, 1.165) is 11.1 Å². The molecule has 5 rings (SSSR count). The van der Waals surface area contributed by atoms with Gasteiger partial charge in [-0.2, -0.15) is 0 Å². The molecule has 4 nitrogen and oxygen atoms in total. The van der Waals surface area contributed by atoms with Gasteiger partial charge in [0.2, 0.25) is 0 Å². The predicted octanol–water partition coefficient (Wildman–Crippen LogP) is 1.20. The number of rotatable bonds is 0. The summed E-state index contributed by atoms with van der Waals surface area (Å²) in [6, 6.07) is 3.33. The zero-order valence-corrected chi connectivity index (χ0v) is 11.5. The second kappa shape index (κ2) is 3.62. The molecule has 0 aromatic heterocycles. The Morgan fingerprint density at radius 1 is 1.43 bits per heavy atom. The van der Waals surface area contributed by atoms with Gasteiger partial charge in [-0.15, -0.1) is 0 Å². The lowest BCUT2D eigenvalue weighted by atomic mass is 9.53. The summed E-state index contributed by atoms with van der Waals surface area (Å²) < 4.78 is 29.7. The number of nitrogens with zero attached hydrogens (tertiary/aromatic N) is 1. The first-order valence-electron chi connectivity index (χ1n) is 8.99. The molecule has 1 spiro atoms. The number of ether oxygens (including phenoxy) is 1. The molecule has 4 heteroatoms. The standard InChI is InChI=1S/C17H19NO3/c1-18-7-6-17-10-3-5-13(20)16(17)21-15-12(19)4-2-9(14(15)17)8-11(10)18/h2-5,10-11,13,16,19-20H,6-8H2,1H3/t10-,11?,13?,16?,17-/m0/s1/i1D3. The van der Waals surface area contributed by atoms with Crippen LogP contribution in [0.1, 0.15) is 21.7 Å². The molecule has 1 fully saturated rings. The molecule has 1 aromatic rings. The summed E-state index contributed by atoms with van der Waals surface area (Å²) in [5, 5.41) is 20.7. The zero-order valence-electron chi connectivity index (χ0n) is 14.5. The molecule has 3 unspecified atom stereocenters. The normalized spacial score (nSPS) is 45.3. The van der Waals surface area contributed by atoms with Crippen LogP contribution in [0.25, 0.3) is 0 Å². The SMILES string of the molecule is [2H]C([2H])([2H])N1CC[C@]23c4c5ccc(O)c4OC2C(O)C=C[C@H]3C1C5. The highest BCUT2D eigenvalue weighted by molar-refractivity contribution is 5.61. The molecule has 2 heterocycles. The van der Waals surface area contributed by atoms with E-state index in [1.165, 1.54) is 0 Å². The van der Waals surface area contributed by atoms with E-state index in [2.05, 4.69) is 0 Å². The maximum atomic E-state index is 10.5. The number of phenols is 1. The molecule has 0 amide bonds. The van der Waals surface area contributed by atoms with Crippen LogP contribution in [-0.4, -0.2) is 46.9 Å². The van der Waals surface area contributed by atoms with Crippen LogP contribution in [0.15, 0.2) is 24.3 Å². The van der Waals surface area contributed by atoms with Crippen LogP contribution in [-0.2, 0) is 11.8 Å². The van der Waals surface area contributed by atoms with E-state index in [0.29, 0.717) is 25.1 Å². The van der Waals surface area contributed by atoms with Crippen LogP contribution in [0.4, 0.5) is 0 Å². The van der Waals surface area contributed by atoms with Crippen LogP contribution < -0.4 is 4.74 Å². The molecule has 2 bridgehead atoms. The molecule has 5 atom stereocenters. The molecule has 1 aromatic carbocycles. The number of aliphatic hydroxyl groups excluding tert-OH is 1. The van der Waals surface area contributed by atoms with Gasteiger partial charge in [-0.1, -0.05) is 18.2 Å². The van der Waals surface area contributed by atoms with Gasteiger partial charge in [-0.05, 0) is 38.0 Å². The number of aromatic hydroxyl groups is 1. The van der Waals surface area contributed by atoms with E-state index in [1.807, 2.05) is 12.1 Å². The van der Waals surface area contributed by atoms with Gasteiger partial charge in [0.05, 0.1) is 0 Å². The fourth-order valence-corrected chi connectivity index (χ4v) is 5.06. The van der Waals surface area contributed by atoms with E-state index in [4.69, 9.17) is 8.85 Å². The average Bonchev–Trinajstić information content (AvgIpc) is 2.85. The van der Waals surface area contributed by atoms with Gasteiger partial charge in [0.25, 0.3) is 0 Å².